The molecule has 4 aromatic rings. The predicted octanol–water partition coefficient (Wildman–Crippen LogP) is 4.18. The normalized spacial score (nSPS) is 11.9. The van der Waals surface area contributed by atoms with E-state index in [-0.39, 0.29) is 24.8 Å². The van der Waals surface area contributed by atoms with Gasteiger partial charge in [-0.3, -0.25) is 13.9 Å². The van der Waals surface area contributed by atoms with Crippen LogP contribution in [-0.4, -0.2) is 73.0 Å². The number of likely N-dealkylation sites (N-methyl/N-ethyl adjacent to an activating group) is 1. The number of H-pyrrole nitrogens is 1. The molecule has 1 amide bonds. The highest BCUT2D eigenvalue weighted by Crippen LogP contribution is 2.33. The zero-order chi connectivity index (χ0) is 29.2. The molecule has 0 saturated carbocycles. The number of aliphatic imine (C=N–C) groups is 1. The Morgan fingerprint density at radius 2 is 1.65 bits per heavy atom. The third-order valence-electron chi connectivity index (χ3n) is 6.12. The number of aromatic nitrogens is 1. The Kier molecular flexibility index (Phi) is 8.17. The van der Waals surface area contributed by atoms with Gasteiger partial charge in [0.15, 0.2) is 5.88 Å². The zero-order valence-corrected chi connectivity index (χ0v) is 23.5. The molecule has 1 heterocycles. The number of halogens is 1. The number of nitrogens with zero attached hydrogens (tertiary/aromatic N) is 3. The predicted molar refractivity (Wildman–Crippen MR) is 155 cm³/mol. The molecule has 0 unspecified atom stereocenters. The maximum absolute atomic E-state index is 12.4. The Hall–Kier alpha value is -4.35. The van der Waals surface area contributed by atoms with Gasteiger partial charge in [0, 0.05) is 30.1 Å². The number of carboxylic acid groups (broad SMARTS) is 1. The molecule has 1 aromatic heterocycles. The van der Waals surface area contributed by atoms with Crippen LogP contribution < -0.4 is 4.31 Å². The lowest BCUT2D eigenvalue weighted by Crippen LogP contribution is -2.39. The van der Waals surface area contributed by atoms with Crippen LogP contribution in [0.1, 0.15) is 16.7 Å². The van der Waals surface area contributed by atoms with E-state index in [0.29, 0.717) is 49.7 Å². The molecule has 4 rings (SSSR count). The number of nitrogens with one attached hydrogen (secondary N) is 1. The molecule has 0 radical (unpaired) electrons. The minimum absolute atomic E-state index is 0.132. The van der Waals surface area contributed by atoms with Gasteiger partial charge in [0.2, 0.25) is 15.9 Å². The SMILES string of the molecule is CN(C)C(=O)CN(c1ccc(N=C(c2ccc(CC(=O)O)cc2)c2c(O)[nH]c3cc(Cl)ccc23)cc1)S(C)(=O)=O. The fourth-order valence-corrected chi connectivity index (χ4v) is 5.12. The van der Waals surface area contributed by atoms with Crippen LogP contribution >= 0.6 is 11.6 Å². The molecule has 3 N–H and O–H groups in total. The Labute approximate surface area is 236 Å². The highest BCUT2D eigenvalue weighted by Gasteiger charge is 2.22. The van der Waals surface area contributed by atoms with E-state index < -0.39 is 16.0 Å². The summed E-state index contributed by atoms with van der Waals surface area (Å²) in [6.45, 7) is -0.353. The number of aromatic amines is 1. The Bertz CT molecular complexity index is 1710. The first-order chi connectivity index (χ1) is 18.8. The summed E-state index contributed by atoms with van der Waals surface area (Å²) in [5, 5.41) is 21.1. The van der Waals surface area contributed by atoms with Crippen LogP contribution in [-0.2, 0) is 26.0 Å². The van der Waals surface area contributed by atoms with Crippen molar-refractivity contribution >= 4 is 61.5 Å². The van der Waals surface area contributed by atoms with Gasteiger partial charge in [-0.2, -0.15) is 0 Å². The number of carboxylic acids is 1. The molecule has 3 aromatic carbocycles. The van der Waals surface area contributed by atoms with Crippen molar-refractivity contribution in [3.05, 3.63) is 88.4 Å². The van der Waals surface area contributed by atoms with E-state index in [1.807, 2.05) is 0 Å². The minimum Gasteiger partial charge on any atom is -0.494 e. The second-order valence-corrected chi connectivity index (χ2v) is 11.7. The average molecular weight is 583 g/mol. The molecule has 0 spiro atoms. The number of sulfonamides is 1. The van der Waals surface area contributed by atoms with Crippen LogP contribution in [0.5, 0.6) is 5.88 Å². The molecular weight excluding hydrogens is 556 g/mol. The minimum atomic E-state index is -3.75. The highest BCUT2D eigenvalue weighted by molar-refractivity contribution is 7.92. The van der Waals surface area contributed by atoms with Gasteiger partial charge in [-0.1, -0.05) is 41.9 Å². The summed E-state index contributed by atoms with van der Waals surface area (Å²) < 4.78 is 25.9. The van der Waals surface area contributed by atoms with Gasteiger partial charge in [0.25, 0.3) is 0 Å². The fourth-order valence-electron chi connectivity index (χ4n) is 4.10. The van der Waals surface area contributed by atoms with Crippen LogP contribution in [0.4, 0.5) is 11.4 Å². The van der Waals surface area contributed by atoms with E-state index >= 15 is 0 Å². The van der Waals surface area contributed by atoms with Crippen molar-refractivity contribution in [1.82, 2.24) is 9.88 Å². The molecule has 0 fully saturated rings. The summed E-state index contributed by atoms with van der Waals surface area (Å²) in [6, 6.07) is 18.2. The number of aliphatic carboxylic acids is 1. The van der Waals surface area contributed by atoms with Crippen LogP contribution in [0.25, 0.3) is 10.9 Å². The third kappa shape index (κ3) is 6.44. The number of hydrogen-bond acceptors (Lipinski definition) is 6. The van der Waals surface area contributed by atoms with E-state index in [4.69, 9.17) is 21.7 Å². The number of benzene rings is 3. The maximum Gasteiger partial charge on any atom is 0.307 e. The number of carbonyl (C=O) groups is 2. The standard InChI is InChI=1S/C28H27ClN4O6S/c1-32(2)24(34)16-33(40(3,38)39)21-11-9-20(10-12-21)30-27(18-6-4-17(5-7-18)14-25(35)36)26-22-13-8-19(29)15-23(22)31-28(26)37/h4-13,15,31,37H,14,16H2,1-3H3,(H,35,36). The maximum atomic E-state index is 12.4. The lowest BCUT2D eigenvalue weighted by Gasteiger charge is -2.23. The average Bonchev–Trinajstić information content (AvgIpc) is 3.20. The lowest BCUT2D eigenvalue weighted by molar-refractivity contribution is -0.136. The summed E-state index contributed by atoms with van der Waals surface area (Å²) in [7, 11) is -0.655. The smallest absolute Gasteiger partial charge is 0.307 e. The number of anilines is 1. The van der Waals surface area contributed by atoms with Gasteiger partial charge in [-0.15, -0.1) is 0 Å². The van der Waals surface area contributed by atoms with Crippen LogP contribution in [0.15, 0.2) is 71.7 Å². The number of amides is 1. The first-order valence-electron chi connectivity index (χ1n) is 12.0. The van der Waals surface area contributed by atoms with Gasteiger partial charge in [0.1, 0.15) is 6.54 Å². The van der Waals surface area contributed by atoms with E-state index in [9.17, 15) is 23.1 Å². The van der Waals surface area contributed by atoms with Crippen molar-refractivity contribution in [1.29, 1.82) is 0 Å². The largest absolute Gasteiger partial charge is 0.494 e. The van der Waals surface area contributed by atoms with Crippen molar-refractivity contribution in [2.75, 3.05) is 31.2 Å². The summed E-state index contributed by atoms with van der Waals surface area (Å²) in [4.78, 5) is 32.4. The molecule has 0 aliphatic carbocycles. The summed E-state index contributed by atoms with van der Waals surface area (Å²) in [5.41, 5.74) is 3.35. The van der Waals surface area contributed by atoms with Gasteiger partial charge < -0.3 is 20.1 Å². The topological polar surface area (TPSA) is 143 Å². The monoisotopic (exact) mass is 582 g/mol. The van der Waals surface area contributed by atoms with Gasteiger partial charge in [-0.05, 0) is 42.0 Å². The zero-order valence-electron chi connectivity index (χ0n) is 21.9. The van der Waals surface area contributed by atoms with Crippen molar-refractivity contribution in [3.8, 4) is 5.88 Å². The Morgan fingerprint density at radius 3 is 2.23 bits per heavy atom. The van der Waals surface area contributed by atoms with Gasteiger partial charge in [-0.25, -0.2) is 13.4 Å². The van der Waals surface area contributed by atoms with Gasteiger partial charge >= 0.3 is 5.97 Å². The first-order valence-corrected chi connectivity index (χ1v) is 14.2. The van der Waals surface area contributed by atoms with Crippen molar-refractivity contribution in [3.63, 3.8) is 0 Å². The highest BCUT2D eigenvalue weighted by atomic mass is 35.5. The van der Waals surface area contributed by atoms with Crippen LogP contribution in [0.3, 0.4) is 0 Å². The molecule has 0 aliphatic heterocycles. The molecule has 0 bridgehead atoms. The second kappa shape index (κ2) is 11.4. The fraction of sp³-hybridized carbons (Fsp3) is 0.179. The molecular formula is C28H27ClN4O6S. The second-order valence-electron chi connectivity index (χ2n) is 9.34. The van der Waals surface area contributed by atoms with Crippen molar-refractivity contribution in [2.24, 2.45) is 4.99 Å². The van der Waals surface area contributed by atoms with Crippen molar-refractivity contribution in [2.45, 2.75) is 6.42 Å². The van der Waals surface area contributed by atoms with Crippen LogP contribution in [0, 0.1) is 0 Å². The summed E-state index contributed by atoms with van der Waals surface area (Å²) in [6.07, 6.45) is 0.887. The van der Waals surface area contributed by atoms with Crippen molar-refractivity contribution < 1.29 is 28.2 Å². The third-order valence-corrected chi connectivity index (χ3v) is 7.49. The number of aromatic hydroxyl groups is 1. The number of fused-ring (bicyclic) bond motifs is 1. The number of rotatable bonds is 9. The molecule has 0 saturated heterocycles. The first kappa shape index (κ1) is 28.7. The quantitative estimate of drug-likeness (QED) is 0.253. The van der Waals surface area contributed by atoms with E-state index in [0.717, 1.165) is 10.6 Å². The molecule has 40 heavy (non-hydrogen) atoms. The molecule has 0 aliphatic rings. The number of hydrogen-bond donors (Lipinski definition) is 3. The lowest BCUT2D eigenvalue weighted by atomic mass is 9.99. The van der Waals surface area contributed by atoms with E-state index in [2.05, 4.69) is 4.98 Å². The summed E-state index contributed by atoms with van der Waals surface area (Å²) >= 11 is 6.14. The summed E-state index contributed by atoms with van der Waals surface area (Å²) in [5.74, 6) is -1.47. The van der Waals surface area contributed by atoms with Gasteiger partial charge in [0.05, 0.1) is 40.8 Å². The van der Waals surface area contributed by atoms with E-state index in [1.54, 1.807) is 80.8 Å². The molecule has 0 atom stereocenters. The Morgan fingerprint density at radius 1 is 1.00 bits per heavy atom. The molecule has 12 heteroatoms. The van der Waals surface area contributed by atoms with E-state index in [1.165, 1.54) is 4.90 Å². The number of carbonyl (C=O) groups excluding carboxylic acids is 1. The van der Waals surface area contributed by atoms with Crippen LogP contribution in [0.2, 0.25) is 5.02 Å². The molecule has 10 nitrogen and oxygen atoms in total. The Balaban J connectivity index is 1.81. The molecule has 208 valence electrons.